The van der Waals surface area contributed by atoms with Gasteiger partial charge in [0.05, 0.1) is 4.90 Å². The fourth-order valence-corrected chi connectivity index (χ4v) is 3.27. The van der Waals surface area contributed by atoms with Gasteiger partial charge in [-0.3, -0.25) is 4.72 Å². The Labute approximate surface area is 139 Å². The zero-order chi connectivity index (χ0) is 16.9. The number of sulfonamides is 1. The van der Waals surface area contributed by atoms with E-state index in [2.05, 4.69) is 4.72 Å². The lowest BCUT2D eigenvalue weighted by atomic mass is 10.2. The highest BCUT2D eigenvalue weighted by Gasteiger charge is 2.13. The molecule has 7 heteroatoms. The molecule has 0 heterocycles. The summed E-state index contributed by atoms with van der Waals surface area (Å²) in [5.74, 6) is -1.06. The van der Waals surface area contributed by atoms with Crippen LogP contribution in [0.3, 0.4) is 0 Å². The van der Waals surface area contributed by atoms with Crippen LogP contribution in [0.5, 0.6) is 0 Å². The second-order valence-electron chi connectivity index (χ2n) is 4.57. The summed E-state index contributed by atoms with van der Waals surface area (Å²) in [5, 5.41) is 8.57. The summed E-state index contributed by atoms with van der Waals surface area (Å²) < 4.78 is 27.1. The van der Waals surface area contributed by atoms with Crippen LogP contribution >= 0.6 is 11.8 Å². The molecule has 0 fully saturated rings. The summed E-state index contributed by atoms with van der Waals surface area (Å²) in [6.07, 6.45) is 4.34. The van der Waals surface area contributed by atoms with Crippen molar-refractivity contribution in [2.24, 2.45) is 0 Å². The van der Waals surface area contributed by atoms with Gasteiger partial charge in [0, 0.05) is 16.7 Å². The van der Waals surface area contributed by atoms with Crippen LogP contribution in [0.2, 0.25) is 0 Å². The minimum Gasteiger partial charge on any atom is -0.478 e. The molecule has 0 atom stereocenters. The number of benzene rings is 2. The fraction of sp³-hybridized carbons (Fsp3) is 0.0625. The van der Waals surface area contributed by atoms with E-state index in [9.17, 15) is 13.2 Å². The molecule has 0 unspecified atom stereocenters. The van der Waals surface area contributed by atoms with E-state index in [1.54, 1.807) is 36.0 Å². The van der Waals surface area contributed by atoms with Crippen LogP contribution in [-0.4, -0.2) is 25.7 Å². The van der Waals surface area contributed by atoms with Crippen LogP contribution in [0.1, 0.15) is 5.56 Å². The average Bonchev–Trinajstić information content (AvgIpc) is 2.53. The molecule has 2 rings (SSSR count). The van der Waals surface area contributed by atoms with Gasteiger partial charge in [-0.25, -0.2) is 13.2 Å². The first kappa shape index (κ1) is 17.1. The molecule has 120 valence electrons. The smallest absolute Gasteiger partial charge is 0.328 e. The Bertz CT molecular complexity index is 810. The quantitative estimate of drug-likeness (QED) is 0.617. The topological polar surface area (TPSA) is 83.5 Å². The predicted molar refractivity (Wildman–Crippen MR) is 92.1 cm³/mol. The number of nitrogens with one attached hydrogen (secondary N) is 1. The highest BCUT2D eigenvalue weighted by atomic mass is 32.2. The van der Waals surface area contributed by atoms with E-state index in [1.165, 1.54) is 18.2 Å². The molecule has 2 aromatic carbocycles. The molecule has 0 aliphatic carbocycles. The maximum Gasteiger partial charge on any atom is 0.328 e. The number of thioether (sulfide) groups is 1. The van der Waals surface area contributed by atoms with Crippen LogP contribution in [0.15, 0.2) is 64.4 Å². The Morgan fingerprint density at radius 1 is 1.09 bits per heavy atom. The molecule has 5 nitrogen and oxygen atoms in total. The molecule has 23 heavy (non-hydrogen) atoms. The lowest BCUT2D eigenvalue weighted by Crippen LogP contribution is -2.12. The zero-order valence-electron chi connectivity index (χ0n) is 12.3. The number of rotatable bonds is 6. The third-order valence-electron chi connectivity index (χ3n) is 2.95. The Balaban J connectivity index is 2.16. The van der Waals surface area contributed by atoms with E-state index < -0.39 is 16.0 Å². The second kappa shape index (κ2) is 7.34. The van der Waals surface area contributed by atoms with Crippen molar-refractivity contribution in [2.75, 3.05) is 11.0 Å². The van der Waals surface area contributed by atoms with Gasteiger partial charge in [-0.2, -0.15) is 0 Å². The summed E-state index contributed by atoms with van der Waals surface area (Å²) in [7, 11) is -3.68. The third-order valence-corrected chi connectivity index (χ3v) is 5.09. The molecule has 0 saturated heterocycles. The first-order valence-electron chi connectivity index (χ1n) is 6.59. The van der Waals surface area contributed by atoms with Crippen molar-refractivity contribution in [3.05, 3.63) is 60.2 Å². The number of carbonyl (C=O) groups is 1. The van der Waals surface area contributed by atoms with Gasteiger partial charge in [-0.15, -0.1) is 11.8 Å². The third kappa shape index (κ3) is 4.87. The van der Waals surface area contributed by atoms with Crippen LogP contribution in [0, 0.1) is 0 Å². The number of anilines is 1. The van der Waals surface area contributed by atoms with Crippen molar-refractivity contribution in [2.45, 2.75) is 9.79 Å². The molecule has 0 aromatic heterocycles. The zero-order valence-corrected chi connectivity index (χ0v) is 13.9. The van der Waals surface area contributed by atoms with Crippen molar-refractivity contribution >= 4 is 39.5 Å². The molecule has 0 aliphatic heterocycles. The van der Waals surface area contributed by atoms with Gasteiger partial charge in [-0.1, -0.05) is 12.1 Å². The van der Waals surface area contributed by atoms with Crippen molar-refractivity contribution < 1.29 is 18.3 Å². The number of hydrogen-bond acceptors (Lipinski definition) is 4. The Morgan fingerprint density at radius 3 is 2.22 bits per heavy atom. The van der Waals surface area contributed by atoms with Gasteiger partial charge in [0.25, 0.3) is 10.0 Å². The summed E-state index contributed by atoms with van der Waals surface area (Å²) in [4.78, 5) is 11.6. The highest BCUT2D eigenvalue weighted by Crippen LogP contribution is 2.20. The van der Waals surface area contributed by atoms with E-state index in [4.69, 9.17) is 5.11 Å². The lowest BCUT2D eigenvalue weighted by molar-refractivity contribution is -0.131. The largest absolute Gasteiger partial charge is 0.478 e. The molecule has 0 radical (unpaired) electrons. The Kier molecular flexibility index (Phi) is 5.46. The maximum absolute atomic E-state index is 12.3. The molecule has 0 amide bonds. The molecule has 2 N–H and O–H groups in total. The minimum absolute atomic E-state index is 0.110. The van der Waals surface area contributed by atoms with Crippen molar-refractivity contribution in [3.63, 3.8) is 0 Å². The van der Waals surface area contributed by atoms with Gasteiger partial charge in [0.2, 0.25) is 0 Å². The van der Waals surface area contributed by atoms with Gasteiger partial charge >= 0.3 is 5.97 Å². The summed E-state index contributed by atoms with van der Waals surface area (Å²) in [5.41, 5.74) is 1.09. The fourth-order valence-electron chi connectivity index (χ4n) is 1.80. The maximum atomic E-state index is 12.3. The summed E-state index contributed by atoms with van der Waals surface area (Å²) in [6, 6.07) is 13.0. The highest BCUT2D eigenvalue weighted by molar-refractivity contribution is 7.98. The second-order valence-corrected chi connectivity index (χ2v) is 7.14. The van der Waals surface area contributed by atoms with E-state index >= 15 is 0 Å². The summed E-state index contributed by atoms with van der Waals surface area (Å²) >= 11 is 1.57. The van der Waals surface area contributed by atoms with E-state index in [0.29, 0.717) is 11.3 Å². The lowest BCUT2D eigenvalue weighted by Gasteiger charge is -2.08. The Hall–Kier alpha value is -2.25. The van der Waals surface area contributed by atoms with E-state index in [0.717, 1.165) is 11.0 Å². The van der Waals surface area contributed by atoms with Crippen LogP contribution in [-0.2, 0) is 14.8 Å². The van der Waals surface area contributed by atoms with Crippen molar-refractivity contribution in [1.29, 1.82) is 0 Å². The van der Waals surface area contributed by atoms with Crippen LogP contribution in [0.25, 0.3) is 6.08 Å². The van der Waals surface area contributed by atoms with Crippen LogP contribution in [0.4, 0.5) is 5.69 Å². The first-order valence-corrected chi connectivity index (χ1v) is 9.29. The van der Waals surface area contributed by atoms with Gasteiger partial charge in [0.15, 0.2) is 0 Å². The average molecular weight is 349 g/mol. The predicted octanol–water partition coefficient (Wildman–Crippen LogP) is 3.31. The summed E-state index contributed by atoms with van der Waals surface area (Å²) in [6.45, 7) is 0. The first-order chi connectivity index (χ1) is 10.9. The van der Waals surface area contributed by atoms with Crippen LogP contribution < -0.4 is 4.72 Å². The van der Waals surface area contributed by atoms with Gasteiger partial charge < -0.3 is 5.11 Å². The van der Waals surface area contributed by atoms with Crippen molar-refractivity contribution in [1.82, 2.24) is 0 Å². The number of carboxylic acids is 1. The van der Waals surface area contributed by atoms with E-state index in [1.807, 2.05) is 18.4 Å². The van der Waals surface area contributed by atoms with E-state index in [-0.39, 0.29) is 4.90 Å². The molecule has 0 bridgehead atoms. The molecule has 0 aliphatic rings. The molecular weight excluding hydrogens is 334 g/mol. The monoisotopic (exact) mass is 349 g/mol. The Morgan fingerprint density at radius 2 is 1.70 bits per heavy atom. The van der Waals surface area contributed by atoms with Gasteiger partial charge in [0.1, 0.15) is 0 Å². The number of carboxylic acid groups (broad SMARTS) is 1. The van der Waals surface area contributed by atoms with Gasteiger partial charge in [-0.05, 0) is 54.3 Å². The number of hydrogen-bond donors (Lipinski definition) is 2. The number of aliphatic carboxylic acids is 1. The molecule has 2 aromatic rings. The normalized spacial score (nSPS) is 11.5. The molecule has 0 saturated carbocycles. The minimum atomic E-state index is -3.68. The molecule has 0 spiro atoms. The standard InChI is InChI=1S/C16H15NO4S2/c1-22-14-7-5-13(6-8-14)17-23(20,21)15-9-2-12(3-10-15)4-11-16(18)19/h2-11,17H,1H3,(H,18,19)/b11-4+. The molecular formula is C16H15NO4S2. The van der Waals surface area contributed by atoms with Crippen molar-refractivity contribution in [3.8, 4) is 0 Å². The SMILES string of the molecule is CSc1ccc(NS(=O)(=O)c2ccc(/C=C/C(=O)O)cc2)cc1.